The van der Waals surface area contributed by atoms with E-state index in [-0.39, 0.29) is 12.0 Å². The molecule has 0 bridgehead atoms. The smallest absolute Gasteiger partial charge is 0.146 e. The maximum atomic E-state index is 11.2. The Kier molecular flexibility index (Phi) is 3.52. The summed E-state index contributed by atoms with van der Waals surface area (Å²) in [6, 6.07) is 0. The van der Waals surface area contributed by atoms with E-state index < -0.39 is 0 Å². The van der Waals surface area contributed by atoms with Crippen LogP contribution in [0.25, 0.3) is 0 Å². The van der Waals surface area contributed by atoms with Crippen molar-refractivity contribution in [2.45, 2.75) is 25.9 Å². The molecule has 0 saturated carbocycles. The van der Waals surface area contributed by atoms with E-state index in [2.05, 4.69) is 15.9 Å². The molecule has 1 rings (SSSR count). The van der Waals surface area contributed by atoms with Gasteiger partial charge in [0.15, 0.2) is 0 Å². The molecule has 1 saturated heterocycles. The van der Waals surface area contributed by atoms with Gasteiger partial charge in [0.2, 0.25) is 0 Å². The van der Waals surface area contributed by atoms with Crippen molar-refractivity contribution in [1.82, 2.24) is 0 Å². The molecule has 0 aromatic carbocycles. The zero-order valence-corrected chi connectivity index (χ0v) is 8.26. The van der Waals surface area contributed by atoms with Gasteiger partial charge in [0.25, 0.3) is 0 Å². The van der Waals surface area contributed by atoms with Crippen LogP contribution in [0.2, 0.25) is 0 Å². The molecule has 0 spiro atoms. The van der Waals surface area contributed by atoms with Crippen molar-refractivity contribution in [2.24, 2.45) is 5.92 Å². The summed E-state index contributed by atoms with van der Waals surface area (Å²) in [6.07, 6.45) is 2.05. The number of Topliss-reactive ketones (excluding diaryl/α,β-unsaturated/α-hetero) is 1. The van der Waals surface area contributed by atoms with E-state index in [1.54, 1.807) is 0 Å². The van der Waals surface area contributed by atoms with Crippen LogP contribution in [0.5, 0.6) is 0 Å². The van der Waals surface area contributed by atoms with Crippen molar-refractivity contribution in [3.05, 3.63) is 0 Å². The molecule has 0 radical (unpaired) electrons. The fraction of sp³-hybridized carbons (Fsp3) is 0.875. The highest BCUT2D eigenvalue weighted by molar-refractivity contribution is 9.09. The molecule has 1 heterocycles. The Labute approximate surface area is 75.4 Å². The third-order valence-corrected chi connectivity index (χ3v) is 2.62. The number of halogens is 1. The van der Waals surface area contributed by atoms with Crippen molar-refractivity contribution < 1.29 is 9.53 Å². The minimum absolute atomic E-state index is 0.234. The predicted octanol–water partition coefficient (Wildman–Crippen LogP) is 1.77. The van der Waals surface area contributed by atoms with E-state index in [0.29, 0.717) is 11.1 Å². The van der Waals surface area contributed by atoms with Gasteiger partial charge in [-0.2, -0.15) is 0 Å². The van der Waals surface area contributed by atoms with Crippen LogP contribution < -0.4 is 0 Å². The fourth-order valence-corrected chi connectivity index (χ4v) is 1.86. The first-order chi connectivity index (χ1) is 5.24. The Morgan fingerprint density at radius 1 is 1.73 bits per heavy atom. The zero-order valence-electron chi connectivity index (χ0n) is 6.68. The highest BCUT2D eigenvalue weighted by Gasteiger charge is 2.24. The van der Waals surface area contributed by atoms with Gasteiger partial charge in [0, 0.05) is 12.5 Å². The van der Waals surface area contributed by atoms with Gasteiger partial charge in [0.1, 0.15) is 5.78 Å². The summed E-state index contributed by atoms with van der Waals surface area (Å²) in [6.45, 7) is 2.76. The summed E-state index contributed by atoms with van der Waals surface area (Å²) in [7, 11) is 0. The van der Waals surface area contributed by atoms with Crippen molar-refractivity contribution in [3.63, 3.8) is 0 Å². The number of carbonyl (C=O) groups excluding carboxylic acids is 1. The second-order valence-corrected chi connectivity index (χ2v) is 3.56. The molecule has 1 fully saturated rings. The molecule has 2 atom stereocenters. The Bertz CT molecular complexity index is 147. The molecule has 1 aliphatic heterocycles. The molecular weight excluding hydrogens is 208 g/mol. The van der Waals surface area contributed by atoms with Gasteiger partial charge in [-0.25, -0.2) is 0 Å². The van der Waals surface area contributed by atoms with Crippen LogP contribution in [0.3, 0.4) is 0 Å². The van der Waals surface area contributed by atoms with Gasteiger partial charge in [-0.05, 0) is 19.8 Å². The minimum atomic E-state index is 0.234. The van der Waals surface area contributed by atoms with Crippen molar-refractivity contribution in [1.29, 1.82) is 0 Å². The van der Waals surface area contributed by atoms with Crippen LogP contribution in [-0.2, 0) is 9.53 Å². The van der Waals surface area contributed by atoms with Crippen LogP contribution in [-0.4, -0.2) is 23.8 Å². The van der Waals surface area contributed by atoms with Gasteiger partial charge in [-0.3, -0.25) is 4.79 Å². The fourth-order valence-electron chi connectivity index (χ4n) is 1.40. The van der Waals surface area contributed by atoms with Crippen molar-refractivity contribution in [2.75, 3.05) is 11.9 Å². The summed E-state index contributed by atoms with van der Waals surface area (Å²) in [4.78, 5) is 11.2. The van der Waals surface area contributed by atoms with Crippen LogP contribution in [0, 0.1) is 5.92 Å². The average molecular weight is 221 g/mol. The van der Waals surface area contributed by atoms with E-state index >= 15 is 0 Å². The van der Waals surface area contributed by atoms with Gasteiger partial charge in [0.05, 0.1) is 11.4 Å². The molecule has 64 valence electrons. The molecular formula is C8H13BrO2. The first-order valence-corrected chi connectivity index (χ1v) is 5.06. The highest BCUT2D eigenvalue weighted by Crippen LogP contribution is 2.21. The van der Waals surface area contributed by atoms with Crippen LogP contribution >= 0.6 is 15.9 Å². The standard InChI is InChI=1S/C8H13BrO2/c1-6-4-7(2-3-11-6)8(10)5-9/h6-7H,2-5H2,1H3/t6-,7+/m1/s1. The van der Waals surface area contributed by atoms with E-state index in [9.17, 15) is 4.79 Å². The topological polar surface area (TPSA) is 26.3 Å². The Balaban J connectivity index is 2.39. The van der Waals surface area contributed by atoms with Crippen LogP contribution in [0.15, 0.2) is 0 Å². The number of rotatable bonds is 2. The highest BCUT2D eigenvalue weighted by atomic mass is 79.9. The Morgan fingerprint density at radius 3 is 3.00 bits per heavy atom. The quantitative estimate of drug-likeness (QED) is 0.664. The normalized spacial score (nSPS) is 31.8. The summed E-state index contributed by atoms with van der Waals surface area (Å²) in [5, 5.41) is 0.490. The number of carbonyl (C=O) groups is 1. The maximum Gasteiger partial charge on any atom is 0.146 e. The minimum Gasteiger partial charge on any atom is -0.378 e. The second kappa shape index (κ2) is 4.21. The van der Waals surface area contributed by atoms with Gasteiger partial charge in [-0.1, -0.05) is 15.9 Å². The lowest BCUT2D eigenvalue weighted by Gasteiger charge is -2.25. The largest absolute Gasteiger partial charge is 0.378 e. The summed E-state index contributed by atoms with van der Waals surface area (Å²) < 4.78 is 5.34. The van der Waals surface area contributed by atoms with E-state index in [1.807, 2.05) is 6.92 Å². The van der Waals surface area contributed by atoms with Gasteiger partial charge in [-0.15, -0.1) is 0 Å². The first-order valence-electron chi connectivity index (χ1n) is 3.94. The number of ether oxygens (including phenoxy) is 1. The molecule has 3 heteroatoms. The van der Waals surface area contributed by atoms with Crippen LogP contribution in [0.4, 0.5) is 0 Å². The second-order valence-electron chi connectivity index (χ2n) is 3.00. The van der Waals surface area contributed by atoms with E-state index in [0.717, 1.165) is 19.4 Å². The zero-order chi connectivity index (χ0) is 8.27. The number of ketones is 1. The summed E-state index contributed by atoms with van der Waals surface area (Å²) in [5.41, 5.74) is 0. The molecule has 0 aromatic heterocycles. The predicted molar refractivity (Wildman–Crippen MR) is 46.9 cm³/mol. The first kappa shape index (κ1) is 9.20. The van der Waals surface area contributed by atoms with Gasteiger partial charge < -0.3 is 4.74 Å². The Morgan fingerprint density at radius 2 is 2.45 bits per heavy atom. The summed E-state index contributed by atoms with van der Waals surface area (Å²) >= 11 is 3.18. The lowest BCUT2D eigenvalue weighted by atomic mass is 9.93. The average Bonchev–Trinajstić information content (AvgIpc) is 2.03. The third kappa shape index (κ3) is 2.56. The van der Waals surface area contributed by atoms with Gasteiger partial charge >= 0.3 is 0 Å². The maximum absolute atomic E-state index is 11.2. The lowest BCUT2D eigenvalue weighted by molar-refractivity contribution is -0.124. The molecule has 0 aromatic rings. The Hall–Kier alpha value is 0.110. The molecule has 1 aliphatic rings. The van der Waals surface area contributed by atoms with E-state index in [1.165, 1.54) is 0 Å². The summed E-state index contributed by atoms with van der Waals surface area (Å²) in [5.74, 6) is 0.554. The number of hydrogen-bond acceptors (Lipinski definition) is 2. The van der Waals surface area contributed by atoms with Crippen molar-refractivity contribution in [3.8, 4) is 0 Å². The lowest BCUT2D eigenvalue weighted by Crippen LogP contribution is -2.28. The number of hydrogen-bond donors (Lipinski definition) is 0. The molecule has 0 amide bonds. The molecule has 2 nitrogen and oxygen atoms in total. The third-order valence-electron chi connectivity index (χ3n) is 2.07. The van der Waals surface area contributed by atoms with Crippen LogP contribution in [0.1, 0.15) is 19.8 Å². The molecule has 11 heavy (non-hydrogen) atoms. The molecule has 0 aliphatic carbocycles. The van der Waals surface area contributed by atoms with Crippen molar-refractivity contribution >= 4 is 21.7 Å². The molecule has 0 N–H and O–H groups in total. The SMILES string of the molecule is C[C@@H]1C[C@@H](C(=O)CBr)CCO1. The number of alkyl halides is 1. The molecule has 0 unspecified atom stereocenters. The van der Waals surface area contributed by atoms with E-state index in [4.69, 9.17) is 4.74 Å². The monoisotopic (exact) mass is 220 g/mol.